The van der Waals surface area contributed by atoms with Crippen molar-refractivity contribution >= 4 is 5.91 Å². The van der Waals surface area contributed by atoms with E-state index in [1.165, 1.54) is 0 Å². The number of carbonyl (C=O) groups is 1. The Bertz CT molecular complexity index is 384. The van der Waals surface area contributed by atoms with Crippen molar-refractivity contribution in [3.63, 3.8) is 0 Å². The zero-order valence-electron chi connectivity index (χ0n) is 11.0. The van der Waals surface area contributed by atoms with Crippen LogP contribution in [0.2, 0.25) is 0 Å². The van der Waals surface area contributed by atoms with Crippen LogP contribution in [0.1, 0.15) is 38.8 Å². The van der Waals surface area contributed by atoms with Gasteiger partial charge in [0.2, 0.25) is 5.91 Å². The Morgan fingerprint density at radius 3 is 2.76 bits per heavy atom. The third-order valence-corrected chi connectivity index (χ3v) is 3.06. The van der Waals surface area contributed by atoms with E-state index in [0.717, 1.165) is 12.0 Å². The van der Waals surface area contributed by atoms with Gasteiger partial charge in [-0.15, -0.1) is 0 Å². The summed E-state index contributed by atoms with van der Waals surface area (Å²) < 4.78 is 1.64. The molecule has 1 amide bonds. The molecule has 0 bridgehead atoms. The van der Waals surface area contributed by atoms with E-state index >= 15 is 0 Å². The summed E-state index contributed by atoms with van der Waals surface area (Å²) >= 11 is 0. The quantitative estimate of drug-likeness (QED) is 0.803. The van der Waals surface area contributed by atoms with Gasteiger partial charge in [0, 0.05) is 25.4 Å². The van der Waals surface area contributed by atoms with Gasteiger partial charge in [-0.3, -0.25) is 9.48 Å². The SMILES string of the molecule is CCC(C)(C)CNC(=O)C(N)c1cnn(C)c1. The van der Waals surface area contributed by atoms with Crippen LogP contribution in [0.15, 0.2) is 12.4 Å². The number of nitrogens with zero attached hydrogens (tertiary/aromatic N) is 2. The topological polar surface area (TPSA) is 72.9 Å². The van der Waals surface area contributed by atoms with E-state index in [2.05, 4.69) is 31.2 Å². The maximum atomic E-state index is 11.8. The molecule has 17 heavy (non-hydrogen) atoms. The number of nitrogens with two attached hydrogens (primary N) is 1. The molecule has 0 radical (unpaired) electrons. The zero-order valence-corrected chi connectivity index (χ0v) is 11.0. The van der Waals surface area contributed by atoms with Crippen LogP contribution >= 0.6 is 0 Å². The molecule has 1 unspecified atom stereocenters. The second-order valence-electron chi connectivity index (χ2n) is 5.16. The third kappa shape index (κ3) is 3.85. The number of aryl methyl sites for hydroxylation is 1. The lowest BCUT2D eigenvalue weighted by molar-refractivity contribution is -0.122. The average Bonchev–Trinajstić information content (AvgIpc) is 2.72. The van der Waals surface area contributed by atoms with Crippen LogP contribution in [-0.4, -0.2) is 22.2 Å². The first-order chi connectivity index (χ1) is 7.85. The van der Waals surface area contributed by atoms with E-state index in [0.29, 0.717) is 6.54 Å². The highest BCUT2D eigenvalue weighted by atomic mass is 16.2. The van der Waals surface area contributed by atoms with Gasteiger partial charge in [-0.1, -0.05) is 20.8 Å². The Kier molecular flexibility index (Phi) is 4.28. The van der Waals surface area contributed by atoms with Crippen LogP contribution in [0.5, 0.6) is 0 Å². The number of aromatic nitrogens is 2. The van der Waals surface area contributed by atoms with Gasteiger partial charge in [0.05, 0.1) is 6.20 Å². The van der Waals surface area contributed by atoms with Crippen molar-refractivity contribution in [3.05, 3.63) is 18.0 Å². The lowest BCUT2D eigenvalue weighted by Gasteiger charge is -2.23. The van der Waals surface area contributed by atoms with Crippen molar-refractivity contribution in [2.24, 2.45) is 18.2 Å². The van der Waals surface area contributed by atoms with Crippen molar-refractivity contribution in [3.8, 4) is 0 Å². The Hall–Kier alpha value is -1.36. The van der Waals surface area contributed by atoms with Gasteiger partial charge in [0.15, 0.2) is 0 Å². The summed E-state index contributed by atoms with van der Waals surface area (Å²) in [6.45, 7) is 6.97. The number of hydrogen-bond acceptors (Lipinski definition) is 3. The number of nitrogens with one attached hydrogen (secondary N) is 1. The van der Waals surface area contributed by atoms with E-state index in [-0.39, 0.29) is 11.3 Å². The molecular formula is C12H22N4O. The highest BCUT2D eigenvalue weighted by Crippen LogP contribution is 2.18. The molecule has 5 heteroatoms. The molecule has 3 N–H and O–H groups in total. The van der Waals surface area contributed by atoms with E-state index in [1.807, 2.05) is 0 Å². The van der Waals surface area contributed by atoms with Crippen LogP contribution in [0.25, 0.3) is 0 Å². The van der Waals surface area contributed by atoms with Crippen molar-refractivity contribution in [2.45, 2.75) is 33.2 Å². The smallest absolute Gasteiger partial charge is 0.241 e. The summed E-state index contributed by atoms with van der Waals surface area (Å²) in [6, 6.07) is -0.642. The van der Waals surface area contributed by atoms with Crippen LogP contribution in [0.3, 0.4) is 0 Å². The number of hydrogen-bond donors (Lipinski definition) is 2. The molecule has 0 aliphatic carbocycles. The van der Waals surface area contributed by atoms with Gasteiger partial charge in [0.1, 0.15) is 6.04 Å². The summed E-state index contributed by atoms with van der Waals surface area (Å²) in [6.07, 6.45) is 4.39. The monoisotopic (exact) mass is 238 g/mol. The van der Waals surface area contributed by atoms with Crippen LogP contribution < -0.4 is 11.1 Å². The second-order valence-corrected chi connectivity index (χ2v) is 5.16. The highest BCUT2D eigenvalue weighted by Gasteiger charge is 2.21. The van der Waals surface area contributed by atoms with Gasteiger partial charge in [-0.05, 0) is 11.8 Å². The summed E-state index contributed by atoms with van der Waals surface area (Å²) in [4.78, 5) is 11.8. The summed E-state index contributed by atoms with van der Waals surface area (Å²) in [5, 5.41) is 6.88. The zero-order chi connectivity index (χ0) is 13.1. The predicted molar refractivity (Wildman–Crippen MR) is 67.2 cm³/mol. The van der Waals surface area contributed by atoms with Gasteiger partial charge < -0.3 is 11.1 Å². The molecule has 1 heterocycles. The Balaban J connectivity index is 2.54. The maximum absolute atomic E-state index is 11.8. The normalized spacial score (nSPS) is 13.5. The Labute approximate surface area is 102 Å². The highest BCUT2D eigenvalue weighted by molar-refractivity contribution is 5.82. The molecule has 0 saturated carbocycles. The van der Waals surface area contributed by atoms with Gasteiger partial charge >= 0.3 is 0 Å². The lowest BCUT2D eigenvalue weighted by atomic mass is 9.90. The number of amides is 1. The minimum Gasteiger partial charge on any atom is -0.354 e. The summed E-state index contributed by atoms with van der Waals surface area (Å²) in [5.41, 5.74) is 6.69. The Morgan fingerprint density at radius 1 is 1.65 bits per heavy atom. The summed E-state index contributed by atoms with van der Waals surface area (Å²) in [7, 11) is 1.80. The molecule has 0 aromatic carbocycles. The fourth-order valence-corrected chi connectivity index (χ4v) is 1.31. The summed E-state index contributed by atoms with van der Waals surface area (Å²) in [5.74, 6) is -0.153. The standard InChI is InChI=1S/C12H22N4O/c1-5-12(2,3)8-14-11(17)10(13)9-6-15-16(4)7-9/h6-7,10H,5,8,13H2,1-4H3,(H,14,17). The molecule has 0 fully saturated rings. The molecule has 1 aromatic heterocycles. The van der Waals surface area contributed by atoms with E-state index in [1.54, 1.807) is 24.1 Å². The van der Waals surface area contributed by atoms with Gasteiger partial charge in [0.25, 0.3) is 0 Å². The minimum absolute atomic E-state index is 0.102. The van der Waals surface area contributed by atoms with Crippen LogP contribution in [0.4, 0.5) is 0 Å². The first kappa shape index (κ1) is 13.7. The fourth-order valence-electron chi connectivity index (χ4n) is 1.31. The van der Waals surface area contributed by atoms with Crippen molar-refractivity contribution in [1.29, 1.82) is 0 Å². The lowest BCUT2D eigenvalue weighted by Crippen LogP contribution is -2.39. The molecule has 0 aliphatic rings. The van der Waals surface area contributed by atoms with Crippen molar-refractivity contribution in [2.75, 3.05) is 6.54 Å². The molecule has 1 aromatic rings. The first-order valence-electron chi connectivity index (χ1n) is 5.87. The number of carbonyl (C=O) groups excluding carboxylic acids is 1. The van der Waals surface area contributed by atoms with E-state index < -0.39 is 6.04 Å². The molecule has 1 rings (SSSR count). The van der Waals surface area contributed by atoms with Crippen LogP contribution in [0, 0.1) is 5.41 Å². The number of rotatable bonds is 5. The van der Waals surface area contributed by atoms with Crippen molar-refractivity contribution in [1.82, 2.24) is 15.1 Å². The Morgan fingerprint density at radius 2 is 2.29 bits per heavy atom. The minimum atomic E-state index is -0.642. The van der Waals surface area contributed by atoms with E-state index in [9.17, 15) is 4.79 Å². The molecular weight excluding hydrogens is 216 g/mol. The van der Waals surface area contributed by atoms with Gasteiger partial charge in [-0.2, -0.15) is 5.10 Å². The molecule has 5 nitrogen and oxygen atoms in total. The first-order valence-corrected chi connectivity index (χ1v) is 5.87. The largest absolute Gasteiger partial charge is 0.354 e. The molecule has 1 atom stereocenters. The molecule has 0 saturated heterocycles. The maximum Gasteiger partial charge on any atom is 0.241 e. The van der Waals surface area contributed by atoms with Gasteiger partial charge in [-0.25, -0.2) is 0 Å². The third-order valence-electron chi connectivity index (χ3n) is 3.06. The second kappa shape index (κ2) is 5.31. The fraction of sp³-hybridized carbons (Fsp3) is 0.667. The molecule has 0 spiro atoms. The molecule has 0 aliphatic heterocycles. The van der Waals surface area contributed by atoms with Crippen molar-refractivity contribution < 1.29 is 4.79 Å². The van der Waals surface area contributed by atoms with E-state index in [4.69, 9.17) is 5.73 Å². The molecule has 96 valence electrons. The predicted octanol–water partition coefficient (Wildman–Crippen LogP) is 0.972. The average molecular weight is 238 g/mol. The van der Waals surface area contributed by atoms with Crippen LogP contribution in [-0.2, 0) is 11.8 Å².